The van der Waals surface area contributed by atoms with Gasteiger partial charge in [0.25, 0.3) is 0 Å². The van der Waals surface area contributed by atoms with E-state index in [1.165, 1.54) is 71.8 Å². The smallest absolute Gasteiger partial charge is 0.160 e. The molecule has 0 spiro atoms. The fraction of sp³-hybridized carbons (Fsp3) is 0.0164. The zero-order chi connectivity index (χ0) is 41.7. The molecule has 0 aliphatic heterocycles. The predicted octanol–water partition coefficient (Wildman–Crippen LogP) is 15.5. The molecule has 0 bridgehead atoms. The summed E-state index contributed by atoms with van der Waals surface area (Å²) in [5.74, 6) is 0.712. The van der Waals surface area contributed by atoms with Gasteiger partial charge < -0.3 is 0 Å². The van der Waals surface area contributed by atoms with Gasteiger partial charge >= 0.3 is 0 Å². The molecule has 0 fully saturated rings. The zero-order valence-corrected chi connectivity index (χ0v) is 34.5. The zero-order valence-electron chi connectivity index (χ0n) is 34.5. The van der Waals surface area contributed by atoms with Crippen LogP contribution >= 0.6 is 0 Å². The van der Waals surface area contributed by atoms with E-state index in [0.29, 0.717) is 5.82 Å². The summed E-state index contributed by atoms with van der Waals surface area (Å²) in [7, 11) is 0. The van der Waals surface area contributed by atoms with Gasteiger partial charge in [-0.3, -0.25) is 0 Å². The lowest BCUT2D eigenvalue weighted by Gasteiger charge is -2.34. The van der Waals surface area contributed by atoms with Crippen LogP contribution in [-0.4, -0.2) is 9.97 Å². The van der Waals surface area contributed by atoms with Crippen molar-refractivity contribution in [2.75, 3.05) is 0 Å². The van der Waals surface area contributed by atoms with Crippen molar-refractivity contribution in [1.29, 1.82) is 0 Å². The molecule has 1 heterocycles. The third-order valence-corrected chi connectivity index (χ3v) is 13.0. The van der Waals surface area contributed by atoms with Crippen molar-refractivity contribution in [2.24, 2.45) is 0 Å². The number of aromatic nitrogens is 2. The second-order valence-corrected chi connectivity index (χ2v) is 16.5. The Morgan fingerprint density at radius 3 is 1.41 bits per heavy atom. The molecule has 0 unspecified atom stereocenters. The van der Waals surface area contributed by atoms with Crippen LogP contribution in [0.5, 0.6) is 0 Å². The molecule has 294 valence electrons. The third kappa shape index (κ3) is 6.10. The number of nitrogens with zero attached hydrogens (tertiary/aromatic N) is 2. The molecule has 11 aromatic rings. The predicted molar refractivity (Wildman–Crippen MR) is 262 cm³/mol. The molecule has 1 aliphatic carbocycles. The van der Waals surface area contributed by atoms with E-state index in [9.17, 15) is 0 Å². The third-order valence-electron chi connectivity index (χ3n) is 13.0. The molecule has 1 aromatic heterocycles. The fourth-order valence-electron chi connectivity index (χ4n) is 10.0. The molecule has 10 aromatic carbocycles. The largest absolute Gasteiger partial charge is 0.228 e. The van der Waals surface area contributed by atoms with E-state index in [1.54, 1.807) is 0 Å². The van der Waals surface area contributed by atoms with E-state index < -0.39 is 5.41 Å². The standard InChI is InChI=1S/C61H40N2/c1-5-17-43(18-6-1)58-40-59(63-60(62-58)44-19-7-2-8-20-44)54-36-35-50(51-27-15-16-28-52(51)54)42-31-29-41(30-32-42)47-33-34-53-55-37-45-21-13-14-22-46(45)38-57(55)61(56(53)39-47,48-23-9-3-10-24-48)49-25-11-4-12-26-49/h1-40H. The van der Waals surface area contributed by atoms with Crippen LogP contribution < -0.4 is 0 Å². The number of hydrogen-bond donors (Lipinski definition) is 0. The molecular formula is C61H40N2. The van der Waals surface area contributed by atoms with E-state index in [1.807, 2.05) is 24.3 Å². The summed E-state index contributed by atoms with van der Waals surface area (Å²) in [6.07, 6.45) is 0. The minimum absolute atomic E-state index is 0.485. The normalized spacial score (nSPS) is 12.6. The highest BCUT2D eigenvalue weighted by atomic mass is 14.9. The summed E-state index contributed by atoms with van der Waals surface area (Å²) in [6, 6.07) is 87.9. The van der Waals surface area contributed by atoms with Crippen molar-refractivity contribution in [3.05, 3.63) is 265 Å². The topological polar surface area (TPSA) is 25.8 Å². The number of rotatable bonds is 7. The number of benzene rings is 10. The highest BCUT2D eigenvalue weighted by molar-refractivity contribution is 6.05. The van der Waals surface area contributed by atoms with Gasteiger partial charge in [-0.25, -0.2) is 9.97 Å². The Hall–Kier alpha value is -8.20. The first-order valence-corrected chi connectivity index (χ1v) is 21.6. The summed E-state index contributed by atoms with van der Waals surface area (Å²) in [4.78, 5) is 10.2. The Labute approximate surface area is 367 Å². The van der Waals surface area contributed by atoms with Crippen LogP contribution in [0.4, 0.5) is 0 Å². The molecule has 63 heavy (non-hydrogen) atoms. The van der Waals surface area contributed by atoms with Crippen LogP contribution in [0.25, 0.3) is 88.8 Å². The minimum Gasteiger partial charge on any atom is -0.228 e. The highest BCUT2D eigenvalue weighted by Gasteiger charge is 2.46. The summed E-state index contributed by atoms with van der Waals surface area (Å²) < 4.78 is 0. The van der Waals surface area contributed by atoms with Gasteiger partial charge in [0.15, 0.2) is 5.82 Å². The maximum atomic E-state index is 5.19. The van der Waals surface area contributed by atoms with E-state index in [-0.39, 0.29) is 0 Å². The molecule has 0 atom stereocenters. The quantitative estimate of drug-likeness (QED) is 0.160. The van der Waals surface area contributed by atoms with Gasteiger partial charge in [-0.1, -0.05) is 218 Å². The molecule has 0 radical (unpaired) electrons. The van der Waals surface area contributed by atoms with E-state index in [2.05, 4.69) is 218 Å². The van der Waals surface area contributed by atoms with Crippen LogP contribution in [-0.2, 0) is 5.41 Å². The van der Waals surface area contributed by atoms with Crippen molar-refractivity contribution >= 4 is 21.5 Å². The average Bonchev–Trinajstić information content (AvgIpc) is 3.65. The van der Waals surface area contributed by atoms with E-state index in [0.717, 1.165) is 33.5 Å². The molecule has 0 amide bonds. The van der Waals surface area contributed by atoms with Crippen molar-refractivity contribution in [1.82, 2.24) is 9.97 Å². The van der Waals surface area contributed by atoms with E-state index >= 15 is 0 Å². The van der Waals surface area contributed by atoms with E-state index in [4.69, 9.17) is 9.97 Å². The monoisotopic (exact) mass is 800 g/mol. The lowest BCUT2D eigenvalue weighted by molar-refractivity contribution is 0.770. The van der Waals surface area contributed by atoms with Gasteiger partial charge in [0.2, 0.25) is 0 Å². The average molecular weight is 801 g/mol. The summed E-state index contributed by atoms with van der Waals surface area (Å²) in [5.41, 5.74) is 16.9. The lowest BCUT2D eigenvalue weighted by atomic mass is 9.67. The maximum Gasteiger partial charge on any atom is 0.160 e. The first-order chi connectivity index (χ1) is 31.2. The Morgan fingerprint density at radius 2 is 0.746 bits per heavy atom. The SMILES string of the molecule is c1ccc(-c2cc(-c3ccc(-c4ccc(-c5ccc6c(c5)C(c5ccccc5)(c5ccccc5)c5cc7ccccc7cc5-6)cc4)c4ccccc34)nc(-c3ccccc3)n2)cc1. The number of fused-ring (bicyclic) bond motifs is 5. The fourth-order valence-corrected chi connectivity index (χ4v) is 10.0. The van der Waals surface area contributed by atoms with Crippen molar-refractivity contribution in [2.45, 2.75) is 5.41 Å². The van der Waals surface area contributed by atoms with Gasteiger partial charge in [-0.2, -0.15) is 0 Å². The molecule has 2 heteroatoms. The van der Waals surface area contributed by atoms with Crippen molar-refractivity contribution in [3.8, 4) is 67.3 Å². The second kappa shape index (κ2) is 15.1. The Balaban J connectivity index is 0.970. The summed E-state index contributed by atoms with van der Waals surface area (Å²) >= 11 is 0. The van der Waals surface area contributed by atoms with Crippen molar-refractivity contribution < 1.29 is 0 Å². The first-order valence-electron chi connectivity index (χ1n) is 21.6. The number of hydrogen-bond acceptors (Lipinski definition) is 2. The van der Waals surface area contributed by atoms with Crippen LogP contribution in [0.15, 0.2) is 243 Å². The van der Waals surface area contributed by atoms with Crippen LogP contribution in [0.1, 0.15) is 22.3 Å². The molecular weight excluding hydrogens is 761 g/mol. The summed E-state index contributed by atoms with van der Waals surface area (Å²) in [6.45, 7) is 0. The van der Waals surface area contributed by atoms with Gasteiger partial charge in [-0.05, 0) is 101 Å². The van der Waals surface area contributed by atoms with Crippen LogP contribution in [0.3, 0.4) is 0 Å². The molecule has 2 nitrogen and oxygen atoms in total. The Bertz CT molecular complexity index is 3370. The van der Waals surface area contributed by atoms with Gasteiger partial charge in [0.1, 0.15) is 0 Å². The molecule has 0 saturated heterocycles. The minimum atomic E-state index is -0.485. The van der Waals surface area contributed by atoms with Gasteiger partial charge in [0.05, 0.1) is 16.8 Å². The second-order valence-electron chi connectivity index (χ2n) is 16.5. The highest BCUT2D eigenvalue weighted by Crippen LogP contribution is 2.57. The molecule has 0 saturated carbocycles. The molecule has 0 N–H and O–H groups in total. The lowest BCUT2D eigenvalue weighted by Crippen LogP contribution is -2.28. The van der Waals surface area contributed by atoms with Crippen LogP contribution in [0.2, 0.25) is 0 Å². The Kier molecular flexibility index (Phi) is 8.76. The van der Waals surface area contributed by atoms with Crippen molar-refractivity contribution in [3.63, 3.8) is 0 Å². The maximum absolute atomic E-state index is 5.19. The van der Waals surface area contributed by atoms with Crippen LogP contribution in [0, 0.1) is 0 Å². The van der Waals surface area contributed by atoms with Gasteiger partial charge in [-0.15, -0.1) is 0 Å². The molecule has 1 aliphatic rings. The molecule has 12 rings (SSSR count). The Morgan fingerprint density at radius 1 is 0.270 bits per heavy atom. The summed E-state index contributed by atoms with van der Waals surface area (Å²) in [5, 5.41) is 4.84. The first kappa shape index (κ1) is 36.6. The van der Waals surface area contributed by atoms with Gasteiger partial charge in [0, 0.05) is 16.7 Å².